The zero-order chi connectivity index (χ0) is 13.6. The van der Waals surface area contributed by atoms with Crippen LogP contribution >= 0.6 is 0 Å². The van der Waals surface area contributed by atoms with Crippen molar-refractivity contribution in [2.24, 2.45) is 5.92 Å². The average molecular weight is 262 g/mol. The fourth-order valence-corrected chi connectivity index (χ4v) is 3.27. The Labute approximate surface area is 109 Å². The third kappa shape index (κ3) is 1.93. The third-order valence-corrected chi connectivity index (χ3v) is 4.15. The molecule has 1 aromatic carbocycles. The summed E-state index contributed by atoms with van der Waals surface area (Å²) in [6, 6.07) is 4.86. The van der Waals surface area contributed by atoms with Gasteiger partial charge in [-0.1, -0.05) is 0 Å². The quantitative estimate of drug-likeness (QED) is 0.667. The highest BCUT2D eigenvalue weighted by Gasteiger charge is 2.38. The summed E-state index contributed by atoms with van der Waals surface area (Å²) in [6.45, 7) is 0.925. The highest BCUT2D eigenvalue weighted by molar-refractivity contribution is 5.93. The van der Waals surface area contributed by atoms with E-state index in [1.54, 1.807) is 6.07 Å². The fraction of sp³-hybridized carbons (Fsp3) is 0.462. The predicted octanol–water partition coefficient (Wildman–Crippen LogP) is 2.28. The molecule has 3 rings (SSSR count). The van der Waals surface area contributed by atoms with Gasteiger partial charge < -0.3 is 10.0 Å². The van der Waals surface area contributed by atoms with E-state index in [2.05, 4.69) is 4.90 Å². The van der Waals surface area contributed by atoms with Crippen LogP contribution in [0.4, 0.5) is 11.4 Å². The molecule has 0 amide bonds. The van der Waals surface area contributed by atoms with E-state index in [0.29, 0.717) is 12.0 Å². The second kappa shape index (κ2) is 4.22. The minimum absolute atomic E-state index is 0.252. The van der Waals surface area contributed by atoms with Crippen LogP contribution in [0.1, 0.15) is 29.6 Å². The van der Waals surface area contributed by atoms with Crippen LogP contribution < -0.4 is 4.90 Å². The first-order valence-corrected chi connectivity index (χ1v) is 6.34. The molecule has 0 radical (unpaired) electrons. The van der Waals surface area contributed by atoms with Crippen LogP contribution in [-0.4, -0.2) is 28.6 Å². The monoisotopic (exact) mass is 262 g/mol. The fourth-order valence-electron chi connectivity index (χ4n) is 3.27. The van der Waals surface area contributed by atoms with Crippen molar-refractivity contribution < 1.29 is 14.8 Å². The van der Waals surface area contributed by atoms with Crippen molar-refractivity contribution in [1.29, 1.82) is 0 Å². The summed E-state index contributed by atoms with van der Waals surface area (Å²) in [5.74, 6) is -0.579. The molecule has 1 aromatic rings. The van der Waals surface area contributed by atoms with Gasteiger partial charge in [0.15, 0.2) is 0 Å². The zero-order valence-electron chi connectivity index (χ0n) is 10.3. The molecule has 100 valence electrons. The lowest BCUT2D eigenvalue weighted by atomic mass is 10.1. The molecule has 2 fully saturated rings. The molecular weight excluding hydrogens is 248 g/mol. The standard InChI is InChI=1S/C13H14N2O4/c16-13(17)11-4-3-10(6-12(11)15(18)19)14-7-8-1-2-9(14)5-8/h3-4,6,8-9H,1-2,5,7H2,(H,16,17). The Morgan fingerprint density at radius 2 is 2.21 bits per heavy atom. The molecule has 1 saturated carbocycles. The van der Waals surface area contributed by atoms with Gasteiger partial charge in [0.2, 0.25) is 0 Å². The number of anilines is 1. The van der Waals surface area contributed by atoms with Gasteiger partial charge in [-0.15, -0.1) is 0 Å². The predicted molar refractivity (Wildman–Crippen MR) is 68.5 cm³/mol. The van der Waals surface area contributed by atoms with Crippen LogP contribution in [0.25, 0.3) is 0 Å². The number of hydrogen-bond acceptors (Lipinski definition) is 4. The summed E-state index contributed by atoms with van der Waals surface area (Å²) >= 11 is 0. The first-order valence-electron chi connectivity index (χ1n) is 6.34. The minimum Gasteiger partial charge on any atom is -0.477 e. The molecule has 0 aromatic heterocycles. The summed E-state index contributed by atoms with van der Waals surface area (Å²) < 4.78 is 0. The van der Waals surface area contributed by atoms with Gasteiger partial charge in [0.25, 0.3) is 5.69 Å². The van der Waals surface area contributed by atoms with Crippen molar-refractivity contribution in [2.75, 3.05) is 11.4 Å². The molecule has 6 heteroatoms. The van der Waals surface area contributed by atoms with Crippen LogP contribution in [0.5, 0.6) is 0 Å². The van der Waals surface area contributed by atoms with Gasteiger partial charge in [-0.3, -0.25) is 10.1 Å². The SMILES string of the molecule is O=C(O)c1ccc(N2CC3CCC2C3)cc1[N+](=O)[O-]. The van der Waals surface area contributed by atoms with Crippen molar-refractivity contribution in [3.63, 3.8) is 0 Å². The number of carbonyl (C=O) groups is 1. The summed E-state index contributed by atoms with van der Waals surface area (Å²) in [4.78, 5) is 23.5. The first-order chi connectivity index (χ1) is 9.06. The van der Waals surface area contributed by atoms with Crippen molar-refractivity contribution in [2.45, 2.75) is 25.3 Å². The van der Waals surface area contributed by atoms with Crippen molar-refractivity contribution >= 4 is 17.3 Å². The highest BCUT2D eigenvalue weighted by Crippen LogP contribution is 2.41. The molecule has 1 saturated heterocycles. The molecule has 2 atom stereocenters. The Hall–Kier alpha value is -2.11. The number of rotatable bonds is 3. The Bertz CT molecular complexity index is 558. The lowest BCUT2D eigenvalue weighted by molar-refractivity contribution is -0.385. The summed E-state index contributed by atoms with van der Waals surface area (Å²) in [7, 11) is 0. The number of nitrogens with zero attached hydrogens (tertiary/aromatic N) is 2. The summed E-state index contributed by atoms with van der Waals surface area (Å²) in [5.41, 5.74) is 0.190. The number of hydrogen-bond donors (Lipinski definition) is 1. The maximum absolute atomic E-state index is 11.0. The lowest BCUT2D eigenvalue weighted by Crippen LogP contribution is -2.31. The van der Waals surface area contributed by atoms with Gasteiger partial charge in [-0.2, -0.15) is 0 Å². The molecule has 1 heterocycles. The molecule has 6 nitrogen and oxygen atoms in total. The van der Waals surface area contributed by atoms with Gasteiger partial charge in [-0.25, -0.2) is 4.79 Å². The summed E-state index contributed by atoms with van der Waals surface area (Å²) in [5, 5.41) is 19.9. The van der Waals surface area contributed by atoms with Crippen LogP contribution in [0.15, 0.2) is 18.2 Å². The molecule has 2 aliphatic rings. The Kier molecular flexibility index (Phi) is 2.66. The molecule has 19 heavy (non-hydrogen) atoms. The number of nitro groups is 1. The number of nitro benzene ring substituents is 1. The highest BCUT2D eigenvalue weighted by atomic mass is 16.6. The van der Waals surface area contributed by atoms with Gasteiger partial charge in [0.05, 0.1) is 4.92 Å². The van der Waals surface area contributed by atoms with Crippen LogP contribution in [-0.2, 0) is 0 Å². The molecule has 2 bridgehead atoms. The maximum atomic E-state index is 11.0. The molecular formula is C13H14N2O4. The van der Waals surface area contributed by atoms with Crippen molar-refractivity contribution in [3.8, 4) is 0 Å². The van der Waals surface area contributed by atoms with Gasteiger partial charge >= 0.3 is 5.97 Å². The number of carboxylic acids is 1. The Morgan fingerprint density at radius 1 is 1.42 bits per heavy atom. The second-order valence-electron chi connectivity index (χ2n) is 5.25. The van der Waals surface area contributed by atoms with Crippen LogP contribution in [0.3, 0.4) is 0 Å². The largest absolute Gasteiger partial charge is 0.477 e. The number of aromatic carboxylic acids is 1. The van der Waals surface area contributed by atoms with Crippen molar-refractivity contribution in [3.05, 3.63) is 33.9 Å². The van der Waals surface area contributed by atoms with E-state index in [1.807, 2.05) is 0 Å². The van der Waals surface area contributed by atoms with E-state index in [4.69, 9.17) is 5.11 Å². The zero-order valence-corrected chi connectivity index (χ0v) is 10.3. The minimum atomic E-state index is -1.26. The second-order valence-corrected chi connectivity index (χ2v) is 5.25. The topological polar surface area (TPSA) is 83.7 Å². The lowest BCUT2D eigenvalue weighted by Gasteiger charge is -2.29. The molecule has 0 spiro atoms. The smallest absolute Gasteiger partial charge is 0.342 e. The summed E-state index contributed by atoms with van der Waals surface area (Å²) in [6.07, 6.45) is 3.50. The first kappa shape index (κ1) is 12.0. The van der Waals surface area contributed by atoms with Gasteiger partial charge in [0.1, 0.15) is 5.56 Å². The molecule has 1 aliphatic carbocycles. The Morgan fingerprint density at radius 3 is 2.74 bits per heavy atom. The number of carboxylic acid groups (broad SMARTS) is 1. The third-order valence-electron chi connectivity index (χ3n) is 4.15. The van der Waals surface area contributed by atoms with E-state index in [-0.39, 0.29) is 11.3 Å². The number of benzene rings is 1. The van der Waals surface area contributed by atoms with Crippen LogP contribution in [0.2, 0.25) is 0 Å². The van der Waals surface area contributed by atoms with Crippen molar-refractivity contribution in [1.82, 2.24) is 0 Å². The maximum Gasteiger partial charge on any atom is 0.342 e. The van der Waals surface area contributed by atoms with Gasteiger partial charge in [-0.05, 0) is 37.3 Å². The normalized spacial score (nSPS) is 24.7. The average Bonchev–Trinajstić information content (AvgIpc) is 3.00. The van der Waals surface area contributed by atoms with E-state index in [9.17, 15) is 14.9 Å². The van der Waals surface area contributed by atoms with E-state index in [0.717, 1.165) is 25.1 Å². The van der Waals surface area contributed by atoms with E-state index < -0.39 is 10.9 Å². The van der Waals surface area contributed by atoms with E-state index in [1.165, 1.54) is 18.6 Å². The van der Waals surface area contributed by atoms with E-state index >= 15 is 0 Å². The van der Waals surface area contributed by atoms with Gasteiger partial charge in [0, 0.05) is 24.3 Å². The number of piperidine rings is 1. The molecule has 2 unspecified atom stereocenters. The van der Waals surface area contributed by atoms with Crippen LogP contribution in [0, 0.1) is 16.0 Å². The molecule has 1 N–H and O–H groups in total. The number of fused-ring (bicyclic) bond motifs is 2. The molecule has 1 aliphatic heterocycles. The Balaban J connectivity index is 1.97.